The van der Waals surface area contributed by atoms with Crippen LogP contribution in [0.2, 0.25) is 0 Å². The number of hydrogen-bond donors (Lipinski definition) is 3. The summed E-state index contributed by atoms with van der Waals surface area (Å²) in [6.45, 7) is 3.50. The summed E-state index contributed by atoms with van der Waals surface area (Å²) in [6, 6.07) is 0. The minimum atomic E-state index is -5.05. The smallest absolute Gasteiger partial charge is 1.00 e. The quantitative estimate of drug-likeness (QED) is 0.337. The number of unbranched alkanes of at least 4 members (excludes halogenated alkanes) is 2. The molecule has 0 amide bonds. The number of carboxylic acids is 2. The first-order valence-electron chi connectivity index (χ1n) is 6.58. The van der Waals surface area contributed by atoms with E-state index in [2.05, 4.69) is 0 Å². The Hall–Kier alpha value is 0.486. The Labute approximate surface area is 169 Å². The van der Waals surface area contributed by atoms with Crippen molar-refractivity contribution in [3.63, 3.8) is 0 Å². The van der Waals surface area contributed by atoms with Gasteiger partial charge in [0.25, 0.3) is 10.1 Å². The molecule has 0 aromatic heterocycles. The van der Waals surface area contributed by atoms with Crippen molar-refractivity contribution in [2.24, 2.45) is 5.92 Å². The van der Waals surface area contributed by atoms with Gasteiger partial charge in [0.2, 0.25) is 4.75 Å². The zero-order valence-electron chi connectivity index (χ0n) is 13.7. The summed E-state index contributed by atoms with van der Waals surface area (Å²) in [5, 5.41) is 18.5. The Morgan fingerprint density at radius 1 is 1.14 bits per heavy atom. The van der Waals surface area contributed by atoms with E-state index < -0.39 is 39.1 Å². The molecule has 120 valence electrons. The van der Waals surface area contributed by atoms with E-state index in [0.29, 0.717) is 19.3 Å². The average Bonchev–Trinajstić information content (AvgIpc) is 2.30. The van der Waals surface area contributed by atoms with Crippen molar-refractivity contribution in [3.8, 4) is 0 Å². The Morgan fingerprint density at radius 3 is 1.90 bits per heavy atom. The Balaban J connectivity index is -0.00000180. The first kappa shape index (κ1) is 23.7. The van der Waals surface area contributed by atoms with Crippen LogP contribution < -0.4 is 51.4 Å². The van der Waals surface area contributed by atoms with E-state index in [9.17, 15) is 32.8 Å². The zero-order valence-corrected chi connectivity index (χ0v) is 16.6. The maximum atomic E-state index is 11.6. The predicted molar refractivity (Wildman–Crippen MR) is 73.2 cm³/mol. The number of hydrogen-bond acceptors (Lipinski definition) is 4. The van der Waals surface area contributed by atoms with E-state index in [1.165, 1.54) is 0 Å². The van der Waals surface area contributed by atoms with Crippen molar-refractivity contribution in [1.82, 2.24) is 0 Å². The molecular formula is C12H23KO7S. The molecule has 0 saturated carbocycles. The minimum absolute atomic E-state index is 0. The molecule has 3 N–H and O–H groups in total. The fourth-order valence-electron chi connectivity index (χ4n) is 2.25. The van der Waals surface area contributed by atoms with Crippen LogP contribution in [-0.4, -0.2) is 39.9 Å². The van der Waals surface area contributed by atoms with Gasteiger partial charge in [-0.3, -0.25) is 14.1 Å². The van der Waals surface area contributed by atoms with Gasteiger partial charge in [-0.2, -0.15) is 8.42 Å². The van der Waals surface area contributed by atoms with E-state index in [1.54, 1.807) is 13.8 Å². The molecule has 0 aromatic carbocycles. The molecule has 0 bridgehead atoms. The van der Waals surface area contributed by atoms with E-state index in [4.69, 9.17) is 0 Å². The summed E-state index contributed by atoms with van der Waals surface area (Å²) < 4.78 is 29.9. The largest absolute Gasteiger partial charge is 1.00 e. The molecule has 0 aliphatic rings. The van der Waals surface area contributed by atoms with Crippen LogP contribution in [0.1, 0.15) is 53.8 Å². The van der Waals surface area contributed by atoms with E-state index in [1.807, 2.05) is 0 Å². The van der Waals surface area contributed by atoms with Crippen molar-refractivity contribution in [2.45, 2.75) is 57.1 Å². The van der Waals surface area contributed by atoms with Gasteiger partial charge in [-0.1, -0.05) is 39.5 Å². The van der Waals surface area contributed by atoms with Crippen LogP contribution in [0.25, 0.3) is 0 Å². The van der Waals surface area contributed by atoms with E-state index >= 15 is 0 Å². The average molecular weight is 350 g/mol. The zero-order chi connectivity index (χ0) is 16.0. The molecule has 0 aliphatic heterocycles. The second kappa shape index (κ2) is 10.3. The molecule has 7 nitrogen and oxygen atoms in total. The maximum absolute atomic E-state index is 11.6. The number of carbonyl (C=O) groups is 2. The molecular weight excluding hydrogens is 327 g/mol. The van der Waals surface area contributed by atoms with Crippen molar-refractivity contribution in [2.75, 3.05) is 0 Å². The molecule has 0 radical (unpaired) electrons. The molecule has 0 heterocycles. The molecule has 0 rings (SSSR count). The minimum Gasteiger partial charge on any atom is -1.00 e. The van der Waals surface area contributed by atoms with Crippen LogP contribution in [0, 0.1) is 5.92 Å². The van der Waals surface area contributed by atoms with Gasteiger partial charge in [-0.15, -0.1) is 0 Å². The summed E-state index contributed by atoms with van der Waals surface area (Å²) >= 11 is 0. The topological polar surface area (TPSA) is 129 Å². The standard InChI is InChI=1S/C12H22O7S.K.H/c1-3-5-7-9(10(13)14)12(11(15)16,8-6-4-2)20(17,18)19;;/h9H,3-8H2,1-2H3,(H,13,14)(H,15,16)(H,17,18,19);;/q;+1;-1. The van der Waals surface area contributed by atoms with Crippen LogP contribution in [-0.2, 0) is 19.7 Å². The molecule has 0 aliphatic carbocycles. The van der Waals surface area contributed by atoms with E-state index in [0.717, 1.165) is 0 Å². The normalized spacial score (nSPS) is 15.6. The molecule has 21 heavy (non-hydrogen) atoms. The second-order valence-corrected chi connectivity index (χ2v) is 6.48. The third-order valence-corrected chi connectivity index (χ3v) is 5.02. The van der Waals surface area contributed by atoms with Crippen molar-refractivity contribution < 1.29 is 85.6 Å². The summed E-state index contributed by atoms with van der Waals surface area (Å²) in [6.07, 6.45) is 1.12. The van der Waals surface area contributed by atoms with Gasteiger partial charge in [-0.25, -0.2) is 0 Å². The van der Waals surface area contributed by atoms with Gasteiger partial charge in [0.05, 0.1) is 5.92 Å². The third-order valence-electron chi connectivity index (χ3n) is 3.43. The van der Waals surface area contributed by atoms with Gasteiger partial charge in [0.15, 0.2) is 0 Å². The van der Waals surface area contributed by atoms with Crippen molar-refractivity contribution in [3.05, 3.63) is 0 Å². The molecule has 2 unspecified atom stereocenters. The Kier molecular flexibility index (Phi) is 11.6. The van der Waals surface area contributed by atoms with Gasteiger partial charge in [-0.05, 0) is 12.8 Å². The molecule has 0 spiro atoms. The summed E-state index contributed by atoms with van der Waals surface area (Å²) in [4.78, 5) is 22.8. The first-order chi connectivity index (χ1) is 9.15. The van der Waals surface area contributed by atoms with Crippen LogP contribution in [0.5, 0.6) is 0 Å². The Morgan fingerprint density at radius 2 is 1.62 bits per heavy atom. The van der Waals surface area contributed by atoms with Gasteiger partial charge in [0, 0.05) is 0 Å². The first-order valence-corrected chi connectivity index (χ1v) is 8.02. The maximum Gasteiger partial charge on any atom is 1.00 e. The Bertz CT molecular complexity index is 454. The molecule has 9 heteroatoms. The van der Waals surface area contributed by atoms with Crippen LogP contribution >= 0.6 is 0 Å². The van der Waals surface area contributed by atoms with Crippen LogP contribution in [0.4, 0.5) is 0 Å². The number of carboxylic acid groups (broad SMARTS) is 2. The number of aliphatic carboxylic acids is 2. The third kappa shape index (κ3) is 5.89. The number of rotatable bonds is 10. The van der Waals surface area contributed by atoms with E-state index in [-0.39, 0.29) is 65.7 Å². The van der Waals surface area contributed by atoms with Gasteiger partial charge in [0.1, 0.15) is 0 Å². The summed E-state index contributed by atoms with van der Waals surface area (Å²) in [7, 11) is -5.05. The van der Waals surface area contributed by atoms with Crippen LogP contribution in [0.3, 0.4) is 0 Å². The molecule has 0 fully saturated rings. The fraction of sp³-hybridized carbons (Fsp3) is 0.833. The van der Waals surface area contributed by atoms with Crippen molar-refractivity contribution in [1.29, 1.82) is 0 Å². The SMILES string of the molecule is CCCCC(C(=O)O)C(CCCC)(C(=O)O)S(=O)(=O)O.[H-].[K+]. The van der Waals surface area contributed by atoms with Crippen molar-refractivity contribution >= 4 is 22.1 Å². The monoisotopic (exact) mass is 350 g/mol. The van der Waals surface area contributed by atoms with Gasteiger partial charge < -0.3 is 11.6 Å². The predicted octanol–water partition coefficient (Wildman–Crippen LogP) is -1.10. The molecule has 0 saturated heterocycles. The van der Waals surface area contributed by atoms with Gasteiger partial charge >= 0.3 is 63.3 Å². The molecule has 0 aromatic rings. The van der Waals surface area contributed by atoms with Crippen LogP contribution in [0.15, 0.2) is 0 Å². The molecule has 2 atom stereocenters. The summed E-state index contributed by atoms with van der Waals surface area (Å²) in [5.74, 6) is -4.99. The fourth-order valence-corrected chi connectivity index (χ4v) is 3.45. The second-order valence-electron chi connectivity index (χ2n) is 4.81. The summed E-state index contributed by atoms with van der Waals surface area (Å²) in [5.41, 5.74) is 0.